The van der Waals surface area contributed by atoms with Gasteiger partial charge in [0.2, 0.25) is 0 Å². The first-order valence-electron chi connectivity index (χ1n) is 9.85. The SMILES string of the molecule is O=C(NC(c1ccccc1)c1ccc2c3c(cccc13)CC2)c1cccc(F)c1. The van der Waals surface area contributed by atoms with Crippen LogP contribution in [0.25, 0.3) is 10.8 Å². The maximum atomic E-state index is 13.6. The molecule has 4 aromatic carbocycles. The summed E-state index contributed by atoms with van der Waals surface area (Å²) in [6, 6.07) is 26.1. The Morgan fingerprint density at radius 2 is 1.59 bits per heavy atom. The number of benzene rings is 4. The number of hydrogen-bond donors (Lipinski definition) is 1. The lowest BCUT2D eigenvalue weighted by atomic mass is 9.91. The van der Waals surface area contributed by atoms with E-state index < -0.39 is 5.82 Å². The molecule has 0 spiro atoms. The molecule has 0 radical (unpaired) electrons. The first-order valence-corrected chi connectivity index (χ1v) is 9.85. The second-order valence-corrected chi connectivity index (χ2v) is 7.48. The maximum Gasteiger partial charge on any atom is 0.252 e. The zero-order valence-corrected chi connectivity index (χ0v) is 15.9. The first kappa shape index (κ1) is 17.6. The molecule has 1 aliphatic rings. The number of carbonyl (C=O) groups is 1. The molecule has 1 amide bonds. The van der Waals surface area contributed by atoms with Crippen LogP contribution in [0.15, 0.2) is 84.9 Å². The molecule has 0 aliphatic heterocycles. The van der Waals surface area contributed by atoms with Crippen LogP contribution in [0, 0.1) is 5.82 Å². The largest absolute Gasteiger partial charge is 0.341 e. The van der Waals surface area contributed by atoms with Crippen LogP contribution in [0.2, 0.25) is 0 Å². The Labute approximate surface area is 169 Å². The van der Waals surface area contributed by atoms with Gasteiger partial charge in [-0.25, -0.2) is 4.39 Å². The highest BCUT2D eigenvalue weighted by Crippen LogP contribution is 2.36. The van der Waals surface area contributed by atoms with Gasteiger partial charge in [-0.15, -0.1) is 0 Å². The molecule has 0 bridgehead atoms. The smallest absolute Gasteiger partial charge is 0.252 e. The van der Waals surface area contributed by atoms with E-state index in [0.29, 0.717) is 5.56 Å². The summed E-state index contributed by atoms with van der Waals surface area (Å²) in [4.78, 5) is 13.0. The Balaban J connectivity index is 1.63. The van der Waals surface area contributed by atoms with Crippen LogP contribution in [0.5, 0.6) is 0 Å². The van der Waals surface area contributed by atoms with Crippen LogP contribution in [0.3, 0.4) is 0 Å². The summed E-state index contributed by atoms with van der Waals surface area (Å²) in [5.74, 6) is -0.708. The lowest BCUT2D eigenvalue weighted by molar-refractivity contribution is 0.0942. The van der Waals surface area contributed by atoms with E-state index in [-0.39, 0.29) is 11.9 Å². The quantitative estimate of drug-likeness (QED) is 0.490. The molecule has 0 saturated carbocycles. The van der Waals surface area contributed by atoms with Crippen molar-refractivity contribution in [2.75, 3.05) is 0 Å². The van der Waals surface area contributed by atoms with E-state index in [0.717, 1.165) is 24.0 Å². The Bertz CT molecular complexity index is 1210. The third kappa shape index (κ3) is 3.19. The number of rotatable bonds is 4. The minimum absolute atomic E-state index is 0.290. The van der Waals surface area contributed by atoms with E-state index in [1.807, 2.05) is 30.3 Å². The van der Waals surface area contributed by atoms with Gasteiger partial charge in [-0.1, -0.05) is 66.7 Å². The van der Waals surface area contributed by atoms with Gasteiger partial charge in [-0.3, -0.25) is 4.79 Å². The van der Waals surface area contributed by atoms with Crippen molar-refractivity contribution >= 4 is 16.7 Å². The Morgan fingerprint density at radius 1 is 0.828 bits per heavy atom. The molecule has 142 valence electrons. The highest BCUT2D eigenvalue weighted by Gasteiger charge is 2.23. The summed E-state index contributed by atoms with van der Waals surface area (Å²) in [6.45, 7) is 0. The number of aryl methyl sites for hydroxylation is 2. The first-order chi connectivity index (χ1) is 14.2. The number of nitrogens with one attached hydrogen (secondary N) is 1. The molecule has 1 atom stereocenters. The van der Waals surface area contributed by atoms with Crippen LogP contribution >= 0.6 is 0 Å². The van der Waals surface area contributed by atoms with Crippen molar-refractivity contribution in [3.8, 4) is 0 Å². The standard InChI is InChI=1S/C26H20FNO/c27-21-10-4-9-20(16-21)26(29)28-25(19-6-2-1-3-7-19)23-15-14-18-13-12-17-8-5-11-22(23)24(17)18/h1-11,14-16,25H,12-13H2,(H,28,29). The average Bonchev–Trinajstić information content (AvgIpc) is 3.18. The van der Waals surface area contributed by atoms with E-state index in [4.69, 9.17) is 0 Å². The van der Waals surface area contributed by atoms with Crippen LogP contribution in [-0.2, 0) is 12.8 Å². The lowest BCUT2D eigenvalue weighted by Gasteiger charge is -2.22. The Kier molecular flexibility index (Phi) is 4.36. The zero-order chi connectivity index (χ0) is 19.8. The fraction of sp³-hybridized carbons (Fsp3) is 0.115. The summed E-state index contributed by atoms with van der Waals surface area (Å²) < 4.78 is 13.6. The summed E-state index contributed by atoms with van der Waals surface area (Å²) >= 11 is 0. The molecule has 0 fully saturated rings. The number of carbonyl (C=O) groups excluding carboxylic acids is 1. The van der Waals surface area contributed by atoms with Crippen molar-refractivity contribution in [1.29, 1.82) is 0 Å². The molecule has 1 N–H and O–H groups in total. The minimum atomic E-state index is -0.417. The average molecular weight is 381 g/mol. The van der Waals surface area contributed by atoms with Crippen LogP contribution < -0.4 is 5.32 Å². The highest BCUT2D eigenvalue weighted by molar-refractivity contribution is 5.97. The third-order valence-electron chi connectivity index (χ3n) is 5.72. The number of halogens is 1. The predicted molar refractivity (Wildman–Crippen MR) is 114 cm³/mol. The minimum Gasteiger partial charge on any atom is -0.341 e. The maximum absolute atomic E-state index is 13.6. The van der Waals surface area contributed by atoms with Crippen molar-refractivity contribution < 1.29 is 9.18 Å². The van der Waals surface area contributed by atoms with Crippen molar-refractivity contribution in [3.63, 3.8) is 0 Å². The van der Waals surface area contributed by atoms with Crippen molar-refractivity contribution in [2.24, 2.45) is 0 Å². The van der Waals surface area contributed by atoms with E-state index in [1.165, 1.54) is 34.0 Å². The van der Waals surface area contributed by atoms with E-state index in [2.05, 4.69) is 35.6 Å². The van der Waals surface area contributed by atoms with Gasteiger partial charge in [-0.2, -0.15) is 0 Å². The lowest BCUT2D eigenvalue weighted by Crippen LogP contribution is -2.29. The summed E-state index contributed by atoms with van der Waals surface area (Å²) in [5, 5.41) is 5.62. The molecular weight excluding hydrogens is 361 g/mol. The Hall–Kier alpha value is -3.46. The fourth-order valence-corrected chi connectivity index (χ4v) is 4.35. The van der Waals surface area contributed by atoms with Crippen LogP contribution in [0.1, 0.15) is 38.7 Å². The molecule has 0 heterocycles. The van der Waals surface area contributed by atoms with Crippen molar-refractivity contribution in [3.05, 3.63) is 119 Å². The summed E-state index contributed by atoms with van der Waals surface area (Å²) in [7, 11) is 0. The highest BCUT2D eigenvalue weighted by atomic mass is 19.1. The normalized spacial score (nSPS) is 13.4. The van der Waals surface area contributed by atoms with Gasteiger partial charge in [0.05, 0.1) is 6.04 Å². The second kappa shape index (κ2) is 7.17. The number of amides is 1. The molecular formula is C26H20FNO. The topological polar surface area (TPSA) is 29.1 Å². The van der Waals surface area contributed by atoms with Gasteiger partial charge < -0.3 is 5.32 Å². The third-order valence-corrected chi connectivity index (χ3v) is 5.72. The van der Waals surface area contributed by atoms with Crippen molar-refractivity contribution in [1.82, 2.24) is 5.32 Å². The van der Waals surface area contributed by atoms with Crippen LogP contribution in [-0.4, -0.2) is 5.91 Å². The molecule has 1 aliphatic carbocycles. The van der Waals surface area contributed by atoms with Crippen molar-refractivity contribution in [2.45, 2.75) is 18.9 Å². The second-order valence-electron chi connectivity index (χ2n) is 7.48. The van der Waals surface area contributed by atoms with Gasteiger partial charge in [-0.05, 0) is 64.1 Å². The predicted octanol–water partition coefficient (Wildman–Crippen LogP) is 5.60. The molecule has 1 unspecified atom stereocenters. The van der Waals surface area contributed by atoms with Gasteiger partial charge in [0.25, 0.3) is 5.91 Å². The molecule has 0 aromatic heterocycles. The van der Waals surface area contributed by atoms with E-state index in [9.17, 15) is 9.18 Å². The van der Waals surface area contributed by atoms with Crippen LogP contribution in [0.4, 0.5) is 4.39 Å². The van der Waals surface area contributed by atoms with Gasteiger partial charge in [0, 0.05) is 5.56 Å². The molecule has 3 heteroatoms. The van der Waals surface area contributed by atoms with Gasteiger partial charge >= 0.3 is 0 Å². The summed E-state index contributed by atoms with van der Waals surface area (Å²) in [5.41, 5.74) is 5.10. The van der Waals surface area contributed by atoms with E-state index >= 15 is 0 Å². The zero-order valence-electron chi connectivity index (χ0n) is 15.9. The van der Waals surface area contributed by atoms with Gasteiger partial charge in [0.15, 0.2) is 0 Å². The molecule has 29 heavy (non-hydrogen) atoms. The Morgan fingerprint density at radius 3 is 2.38 bits per heavy atom. The molecule has 0 saturated heterocycles. The van der Waals surface area contributed by atoms with E-state index in [1.54, 1.807) is 12.1 Å². The number of hydrogen-bond acceptors (Lipinski definition) is 1. The summed E-state index contributed by atoms with van der Waals surface area (Å²) in [6.07, 6.45) is 2.11. The van der Waals surface area contributed by atoms with Gasteiger partial charge in [0.1, 0.15) is 5.82 Å². The molecule has 5 rings (SSSR count). The monoisotopic (exact) mass is 381 g/mol. The molecule has 4 aromatic rings. The molecule has 2 nitrogen and oxygen atoms in total. The fourth-order valence-electron chi connectivity index (χ4n) is 4.35.